The Kier molecular flexibility index (Phi) is 6.31. The minimum absolute atomic E-state index is 0.0213. The number of hydrogen-bond acceptors (Lipinski definition) is 3. The highest BCUT2D eigenvalue weighted by atomic mass is 32.2. The van der Waals surface area contributed by atoms with Crippen LogP contribution in [0.5, 0.6) is 5.75 Å². The van der Waals surface area contributed by atoms with Gasteiger partial charge in [-0.05, 0) is 31.0 Å². The van der Waals surface area contributed by atoms with Gasteiger partial charge < -0.3 is 5.11 Å². The van der Waals surface area contributed by atoms with E-state index in [0.717, 1.165) is 25.7 Å². The second-order valence-electron chi connectivity index (χ2n) is 4.61. The number of sulfonamides is 1. The van der Waals surface area contributed by atoms with Crippen LogP contribution < -0.4 is 0 Å². The van der Waals surface area contributed by atoms with Crippen LogP contribution >= 0.6 is 0 Å². The average Bonchev–Trinajstić information content (AvgIpc) is 2.38. The zero-order valence-corrected chi connectivity index (χ0v) is 12.5. The van der Waals surface area contributed by atoms with Gasteiger partial charge in [0.1, 0.15) is 5.75 Å². The van der Waals surface area contributed by atoms with Crippen molar-refractivity contribution in [3.05, 3.63) is 24.3 Å². The average molecular weight is 285 g/mol. The quantitative estimate of drug-likeness (QED) is 0.799. The van der Waals surface area contributed by atoms with Gasteiger partial charge in [0, 0.05) is 13.1 Å². The molecular formula is C14H23NO3S. The maximum Gasteiger partial charge on any atom is 0.243 e. The Morgan fingerprint density at radius 1 is 1.11 bits per heavy atom. The minimum Gasteiger partial charge on any atom is -0.508 e. The summed E-state index contributed by atoms with van der Waals surface area (Å²) in [5.41, 5.74) is 0. The highest BCUT2D eigenvalue weighted by Crippen LogP contribution is 2.20. The molecule has 0 saturated carbocycles. The number of nitrogens with zero attached hydrogens (tertiary/aromatic N) is 1. The molecule has 0 unspecified atom stereocenters. The number of unbranched alkanes of at least 4 members (excludes halogenated alkanes) is 2. The van der Waals surface area contributed by atoms with Crippen molar-refractivity contribution in [1.82, 2.24) is 4.31 Å². The summed E-state index contributed by atoms with van der Waals surface area (Å²) in [6.45, 7) is 5.15. The molecule has 0 saturated heterocycles. The third-order valence-electron chi connectivity index (χ3n) is 2.98. The molecule has 0 aromatic heterocycles. The van der Waals surface area contributed by atoms with Gasteiger partial charge in [0.15, 0.2) is 0 Å². The van der Waals surface area contributed by atoms with Crippen LogP contribution in [0.25, 0.3) is 0 Å². The third-order valence-corrected chi connectivity index (χ3v) is 4.87. The first-order valence-corrected chi connectivity index (χ1v) is 8.25. The number of aromatic hydroxyl groups is 1. The van der Waals surface area contributed by atoms with E-state index in [1.54, 1.807) is 6.07 Å². The summed E-state index contributed by atoms with van der Waals surface area (Å²) >= 11 is 0. The normalized spacial score (nSPS) is 11.9. The molecule has 0 bridgehead atoms. The van der Waals surface area contributed by atoms with Gasteiger partial charge >= 0.3 is 0 Å². The fraction of sp³-hybridized carbons (Fsp3) is 0.571. The first-order chi connectivity index (χ1) is 9.02. The molecule has 0 aliphatic rings. The van der Waals surface area contributed by atoms with E-state index in [1.165, 1.54) is 22.5 Å². The van der Waals surface area contributed by atoms with Crippen LogP contribution in [0.15, 0.2) is 29.2 Å². The summed E-state index contributed by atoms with van der Waals surface area (Å²) in [5, 5.41) is 9.43. The van der Waals surface area contributed by atoms with E-state index in [1.807, 2.05) is 13.8 Å². The van der Waals surface area contributed by atoms with Crippen LogP contribution in [-0.2, 0) is 10.0 Å². The molecule has 0 heterocycles. The van der Waals surface area contributed by atoms with Gasteiger partial charge in [0.05, 0.1) is 4.90 Å². The van der Waals surface area contributed by atoms with Crippen LogP contribution in [0.2, 0.25) is 0 Å². The molecule has 0 amide bonds. The summed E-state index contributed by atoms with van der Waals surface area (Å²) in [4.78, 5) is 0.166. The van der Waals surface area contributed by atoms with E-state index in [4.69, 9.17) is 0 Å². The van der Waals surface area contributed by atoms with Gasteiger partial charge in [-0.3, -0.25) is 0 Å². The molecule has 1 aromatic rings. The third kappa shape index (κ3) is 4.51. The smallest absolute Gasteiger partial charge is 0.243 e. The van der Waals surface area contributed by atoms with E-state index in [9.17, 15) is 13.5 Å². The lowest BCUT2D eigenvalue weighted by atomic mass is 10.3. The molecule has 5 heteroatoms. The summed E-state index contributed by atoms with van der Waals surface area (Å²) in [5.74, 6) is -0.0213. The maximum atomic E-state index is 12.5. The molecule has 0 fully saturated rings. The lowest BCUT2D eigenvalue weighted by Gasteiger charge is -2.22. The Labute approximate surface area is 116 Å². The zero-order valence-electron chi connectivity index (χ0n) is 11.7. The van der Waals surface area contributed by atoms with Crippen molar-refractivity contribution in [2.75, 3.05) is 13.1 Å². The van der Waals surface area contributed by atoms with E-state index >= 15 is 0 Å². The predicted molar refractivity (Wildman–Crippen MR) is 76.7 cm³/mol. The van der Waals surface area contributed by atoms with Crippen molar-refractivity contribution < 1.29 is 13.5 Å². The number of phenolic OH excluding ortho intramolecular Hbond substituents is 1. The molecule has 1 N–H and O–H groups in total. The second kappa shape index (κ2) is 7.50. The van der Waals surface area contributed by atoms with Gasteiger partial charge in [0.2, 0.25) is 10.0 Å². The van der Waals surface area contributed by atoms with E-state index in [2.05, 4.69) is 0 Å². The number of benzene rings is 1. The van der Waals surface area contributed by atoms with Gasteiger partial charge in [0.25, 0.3) is 0 Å². The van der Waals surface area contributed by atoms with Gasteiger partial charge in [-0.2, -0.15) is 4.31 Å². The second-order valence-corrected chi connectivity index (χ2v) is 6.55. The zero-order chi connectivity index (χ0) is 14.3. The molecular weight excluding hydrogens is 262 g/mol. The first kappa shape index (κ1) is 16.0. The highest BCUT2D eigenvalue weighted by molar-refractivity contribution is 7.89. The monoisotopic (exact) mass is 285 g/mol. The van der Waals surface area contributed by atoms with Crippen LogP contribution in [0.4, 0.5) is 0 Å². The maximum absolute atomic E-state index is 12.5. The molecule has 0 aliphatic heterocycles. The Balaban J connectivity index is 2.97. The lowest BCUT2D eigenvalue weighted by molar-refractivity contribution is 0.394. The van der Waals surface area contributed by atoms with Crippen molar-refractivity contribution in [2.45, 2.75) is 44.4 Å². The Morgan fingerprint density at radius 3 is 2.16 bits per heavy atom. The molecule has 1 aromatic carbocycles. The van der Waals surface area contributed by atoms with E-state index in [0.29, 0.717) is 13.1 Å². The Hall–Kier alpha value is -1.07. The topological polar surface area (TPSA) is 57.6 Å². The summed E-state index contributed by atoms with van der Waals surface area (Å²) in [6, 6.07) is 5.86. The van der Waals surface area contributed by atoms with Crippen molar-refractivity contribution >= 4 is 10.0 Å². The fourth-order valence-electron chi connectivity index (χ4n) is 1.81. The summed E-state index contributed by atoms with van der Waals surface area (Å²) in [6.07, 6.45) is 3.61. The van der Waals surface area contributed by atoms with E-state index in [-0.39, 0.29) is 10.6 Å². The molecule has 19 heavy (non-hydrogen) atoms. The molecule has 108 valence electrons. The highest BCUT2D eigenvalue weighted by Gasteiger charge is 2.23. The van der Waals surface area contributed by atoms with Gasteiger partial charge in [-0.25, -0.2) is 8.42 Å². The molecule has 1 rings (SSSR count). The summed E-state index contributed by atoms with van der Waals surface area (Å²) in [7, 11) is -3.49. The SMILES string of the molecule is CCCCN(CCCC)S(=O)(=O)c1cccc(O)c1. The van der Waals surface area contributed by atoms with Gasteiger partial charge in [-0.1, -0.05) is 32.8 Å². The number of rotatable bonds is 8. The largest absolute Gasteiger partial charge is 0.508 e. The van der Waals surface area contributed by atoms with Crippen molar-refractivity contribution in [2.24, 2.45) is 0 Å². The summed E-state index contributed by atoms with van der Waals surface area (Å²) < 4.78 is 26.5. The molecule has 0 spiro atoms. The van der Waals surface area contributed by atoms with Crippen LogP contribution in [0.3, 0.4) is 0 Å². The minimum atomic E-state index is -3.49. The molecule has 4 nitrogen and oxygen atoms in total. The Morgan fingerprint density at radius 2 is 1.68 bits per heavy atom. The van der Waals surface area contributed by atoms with Crippen molar-refractivity contribution in [3.63, 3.8) is 0 Å². The van der Waals surface area contributed by atoms with Crippen molar-refractivity contribution in [3.8, 4) is 5.75 Å². The molecule has 0 aliphatic carbocycles. The molecule has 0 radical (unpaired) electrons. The van der Waals surface area contributed by atoms with Crippen LogP contribution in [0, 0.1) is 0 Å². The van der Waals surface area contributed by atoms with Crippen molar-refractivity contribution in [1.29, 1.82) is 0 Å². The van der Waals surface area contributed by atoms with Crippen LogP contribution in [0.1, 0.15) is 39.5 Å². The predicted octanol–water partition coefficient (Wildman–Crippen LogP) is 2.98. The first-order valence-electron chi connectivity index (χ1n) is 6.81. The van der Waals surface area contributed by atoms with Gasteiger partial charge in [-0.15, -0.1) is 0 Å². The Bertz CT molecular complexity index is 477. The molecule has 0 atom stereocenters. The standard InChI is InChI=1S/C14H23NO3S/c1-3-5-10-15(11-6-4-2)19(17,18)14-9-7-8-13(16)12-14/h7-9,12,16H,3-6,10-11H2,1-2H3. The number of hydrogen-bond donors (Lipinski definition) is 1. The number of phenols is 1. The lowest BCUT2D eigenvalue weighted by Crippen LogP contribution is -2.33. The van der Waals surface area contributed by atoms with E-state index < -0.39 is 10.0 Å². The fourth-order valence-corrected chi connectivity index (χ4v) is 3.37. The van der Waals surface area contributed by atoms with Crippen LogP contribution in [-0.4, -0.2) is 30.9 Å².